The number of hydrogen-bond acceptors (Lipinski definition) is 6. The highest BCUT2D eigenvalue weighted by molar-refractivity contribution is 7.93. The first-order chi connectivity index (χ1) is 13.9. The van der Waals surface area contributed by atoms with E-state index in [9.17, 15) is 13.2 Å². The first-order valence-corrected chi connectivity index (χ1v) is 11.3. The fourth-order valence-electron chi connectivity index (χ4n) is 3.40. The zero-order chi connectivity index (χ0) is 20.4. The minimum atomic E-state index is -3.28. The Balaban J connectivity index is 1.27. The molecule has 0 radical (unpaired) electrons. The topological polar surface area (TPSA) is 97.6 Å². The van der Waals surface area contributed by atoms with Crippen molar-refractivity contribution in [2.24, 2.45) is 0 Å². The van der Waals surface area contributed by atoms with Crippen molar-refractivity contribution < 1.29 is 17.9 Å². The van der Waals surface area contributed by atoms with Crippen molar-refractivity contribution in [2.75, 3.05) is 24.4 Å². The molecule has 0 bridgehead atoms. The van der Waals surface area contributed by atoms with Gasteiger partial charge in [0.05, 0.1) is 23.5 Å². The normalized spacial score (nSPS) is 17.9. The number of likely N-dealkylation sites (tertiary alicyclic amines) is 1. The molecule has 0 N–H and O–H groups in total. The summed E-state index contributed by atoms with van der Waals surface area (Å²) in [6.07, 6.45) is 9.50. The van der Waals surface area contributed by atoms with E-state index in [1.807, 2.05) is 4.90 Å². The Bertz CT molecular complexity index is 933. The molecular formula is C19H25N5O4S. The molecule has 4 rings (SSSR count). The number of piperidine rings is 1. The number of carbonyl (C=O) groups is 1. The molecule has 1 aliphatic heterocycles. The lowest BCUT2D eigenvalue weighted by Crippen LogP contribution is -2.43. The van der Waals surface area contributed by atoms with Crippen molar-refractivity contribution in [3.8, 4) is 5.88 Å². The predicted octanol–water partition coefficient (Wildman–Crippen LogP) is 1.28. The van der Waals surface area contributed by atoms with Crippen LogP contribution in [0.3, 0.4) is 0 Å². The first-order valence-electron chi connectivity index (χ1n) is 9.77. The second kappa shape index (κ2) is 8.02. The van der Waals surface area contributed by atoms with Gasteiger partial charge in [0.2, 0.25) is 21.8 Å². The summed E-state index contributed by atoms with van der Waals surface area (Å²) in [5.74, 6) is 0.540. The van der Waals surface area contributed by atoms with Gasteiger partial charge in [0.15, 0.2) is 0 Å². The fraction of sp³-hybridized carbons (Fsp3) is 0.526. The maximum atomic E-state index is 12.3. The molecule has 0 aromatic carbocycles. The number of anilines is 1. The van der Waals surface area contributed by atoms with E-state index in [0.29, 0.717) is 31.2 Å². The highest BCUT2D eigenvalue weighted by Gasteiger charge is 2.39. The van der Waals surface area contributed by atoms with Crippen LogP contribution < -0.4 is 9.04 Å². The number of amides is 1. The molecule has 2 fully saturated rings. The van der Waals surface area contributed by atoms with Gasteiger partial charge in [-0.2, -0.15) is 0 Å². The zero-order valence-corrected chi connectivity index (χ0v) is 17.2. The van der Waals surface area contributed by atoms with Crippen molar-refractivity contribution in [3.63, 3.8) is 0 Å². The van der Waals surface area contributed by atoms with Crippen LogP contribution in [0.4, 0.5) is 5.69 Å². The minimum absolute atomic E-state index is 0.0152. The van der Waals surface area contributed by atoms with E-state index >= 15 is 0 Å². The summed E-state index contributed by atoms with van der Waals surface area (Å²) >= 11 is 0. The summed E-state index contributed by atoms with van der Waals surface area (Å²) in [5, 5.41) is -0.259. The lowest BCUT2D eigenvalue weighted by molar-refractivity contribution is -0.133. The van der Waals surface area contributed by atoms with Gasteiger partial charge in [0, 0.05) is 51.4 Å². The van der Waals surface area contributed by atoms with Crippen molar-refractivity contribution in [2.45, 2.75) is 43.6 Å². The minimum Gasteiger partial charge on any atom is -0.474 e. The van der Waals surface area contributed by atoms with E-state index in [-0.39, 0.29) is 17.3 Å². The number of aromatic nitrogens is 3. The van der Waals surface area contributed by atoms with E-state index in [1.54, 1.807) is 42.5 Å². The monoisotopic (exact) mass is 419 g/mol. The van der Waals surface area contributed by atoms with Crippen LogP contribution in [0.25, 0.3) is 0 Å². The predicted molar refractivity (Wildman–Crippen MR) is 107 cm³/mol. The fourth-order valence-corrected chi connectivity index (χ4v) is 4.98. The lowest BCUT2D eigenvalue weighted by Gasteiger charge is -2.32. The highest BCUT2D eigenvalue weighted by Crippen LogP contribution is 2.32. The molecular weight excluding hydrogens is 394 g/mol. The maximum Gasteiger partial charge on any atom is 0.242 e. The number of imidazole rings is 1. The summed E-state index contributed by atoms with van der Waals surface area (Å²) in [6, 6.07) is 3.41. The van der Waals surface area contributed by atoms with Gasteiger partial charge in [-0.05, 0) is 18.9 Å². The number of rotatable bonds is 7. The van der Waals surface area contributed by atoms with Gasteiger partial charge in [-0.25, -0.2) is 18.4 Å². The van der Waals surface area contributed by atoms with E-state index in [1.165, 1.54) is 10.5 Å². The standard InChI is InChI=1S/C19H25N5O4S/c1-22(29(26,27)17-3-4-17)15-2-5-18(21-12-15)28-16-6-9-24(10-7-16)19(25)13-23-11-8-20-14-23/h2,5,8,11-12,14,16-17H,3-4,6-7,9-10,13H2,1H3. The van der Waals surface area contributed by atoms with E-state index in [2.05, 4.69) is 9.97 Å². The molecule has 0 atom stereocenters. The van der Waals surface area contributed by atoms with Crippen molar-refractivity contribution in [3.05, 3.63) is 37.1 Å². The van der Waals surface area contributed by atoms with Crippen LogP contribution in [0.15, 0.2) is 37.1 Å². The molecule has 3 heterocycles. The average Bonchev–Trinajstić information content (AvgIpc) is 3.47. The van der Waals surface area contributed by atoms with Crippen LogP contribution in [0.1, 0.15) is 25.7 Å². The van der Waals surface area contributed by atoms with Gasteiger partial charge < -0.3 is 14.2 Å². The van der Waals surface area contributed by atoms with Crippen LogP contribution in [-0.2, 0) is 21.4 Å². The number of nitrogens with zero attached hydrogens (tertiary/aromatic N) is 5. The third-order valence-corrected chi connectivity index (χ3v) is 7.66. The van der Waals surface area contributed by atoms with Gasteiger partial charge in [-0.3, -0.25) is 9.10 Å². The number of pyridine rings is 1. The SMILES string of the molecule is CN(c1ccc(OC2CCN(C(=O)Cn3ccnc3)CC2)nc1)S(=O)(=O)C1CC1. The van der Waals surface area contributed by atoms with Crippen molar-refractivity contribution >= 4 is 21.6 Å². The molecule has 29 heavy (non-hydrogen) atoms. The lowest BCUT2D eigenvalue weighted by atomic mass is 10.1. The Morgan fingerprint density at radius 3 is 2.59 bits per heavy atom. The summed E-state index contributed by atoms with van der Waals surface area (Å²) in [7, 11) is -1.73. The van der Waals surface area contributed by atoms with Gasteiger partial charge in [-0.15, -0.1) is 0 Å². The summed E-state index contributed by atoms with van der Waals surface area (Å²) in [6.45, 7) is 1.57. The molecule has 0 unspecified atom stereocenters. The Morgan fingerprint density at radius 1 is 1.24 bits per heavy atom. The molecule has 10 heteroatoms. The molecule has 1 saturated carbocycles. The highest BCUT2D eigenvalue weighted by atomic mass is 32.2. The van der Waals surface area contributed by atoms with Crippen LogP contribution >= 0.6 is 0 Å². The van der Waals surface area contributed by atoms with Crippen molar-refractivity contribution in [1.82, 2.24) is 19.4 Å². The molecule has 2 aromatic heterocycles. The Kier molecular flexibility index (Phi) is 5.44. The Morgan fingerprint density at radius 2 is 2.00 bits per heavy atom. The number of sulfonamides is 1. The molecule has 0 spiro atoms. The molecule has 156 valence electrons. The first kappa shape index (κ1) is 19.7. The van der Waals surface area contributed by atoms with Crippen LogP contribution in [-0.4, -0.2) is 65.3 Å². The molecule has 9 nitrogen and oxygen atoms in total. The zero-order valence-electron chi connectivity index (χ0n) is 16.3. The van der Waals surface area contributed by atoms with Crippen LogP contribution in [0.2, 0.25) is 0 Å². The van der Waals surface area contributed by atoms with Gasteiger partial charge >= 0.3 is 0 Å². The Hall–Kier alpha value is -2.62. The number of carbonyl (C=O) groups excluding carboxylic acids is 1. The second-order valence-corrected chi connectivity index (χ2v) is 9.74. The summed E-state index contributed by atoms with van der Waals surface area (Å²) in [5.41, 5.74) is 0.532. The maximum absolute atomic E-state index is 12.3. The molecule has 1 aliphatic carbocycles. The smallest absolute Gasteiger partial charge is 0.242 e. The van der Waals surface area contributed by atoms with Gasteiger partial charge in [0.1, 0.15) is 12.6 Å². The third-order valence-electron chi connectivity index (χ3n) is 5.37. The van der Waals surface area contributed by atoms with Crippen LogP contribution in [0, 0.1) is 0 Å². The summed E-state index contributed by atoms with van der Waals surface area (Å²) in [4.78, 5) is 22.4. The molecule has 2 aliphatic rings. The van der Waals surface area contributed by atoms with Crippen molar-refractivity contribution in [1.29, 1.82) is 0 Å². The van der Waals surface area contributed by atoms with Crippen LogP contribution in [0.5, 0.6) is 5.88 Å². The summed E-state index contributed by atoms with van der Waals surface area (Å²) < 4.78 is 33.6. The van der Waals surface area contributed by atoms with E-state index < -0.39 is 10.0 Å². The Labute approximate surface area is 170 Å². The van der Waals surface area contributed by atoms with E-state index in [0.717, 1.165) is 25.7 Å². The van der Waals surface area contributed by atoms with Gasteiger partial charge in [-0.1, -0.05) is 0 Å². The molecule has 1 amide bonds. The van der Waals surface area contributed by atoms with Gasteiger partial charge in [0.25, 0.3) is 0 Å². The van der Waals surface area contributed by atoms with E-state index in [4.69, 9.17) is 4.74 Å². The molecule has 2 aromatic rings. The quantitative estimate of drug-likeness (QED) is 0.671. The number of hydrogen-bond donors (Lipinski definition) is 0. The third kappa shape index (κ3) is 4.52. The molecule has 1 saturated heterocycles. The second-order valence-electron chi connectivity index (χ2n) is 7.50. The largest absolute Gasteiger partial charge is 0.474 e. The average molecular weight is 420 g/mol. The number of ether oxygens (including phenoxy) is 1.